The smallest absolute Gasteiger partial charge is 0.0638 e. The summed E-state index contributed by atoms with van der Waals surface area (Å²) in [7, 11) is 2.12. The van der Waals surface area contributed by atoms with Gasteiger partial charge < -0.3 is 4.90 Å². The Morgan fingerprint density at radius 1 is 1.57 bits per heavy atom. The summed E-state index contributed by atoms with van der Waals surface area (Å²) >= 11 is 0. The Bertz CT molecular complexity index is 231. The summed E-state index contributed by atoms with van der Waals surface area (Å²) in [5.41, 5.74) is 0. The zero-order valence-corrected chi connectivity index (χ0v) is 9.11. The van der Waals surface area contributed by atoms with Gasteiger partial charge in [-0.3, -0.25) is 4.90 Å². The van der Waals surface area contributed by atoms with Gasteiger partial charge in [-0.15, -0.1) is 6.58 Å². The van der Waals surface area contributed by atoms with Crippen molar-refractivity contribution in [2.75, 3.05) is 26.7 Å². The van der Waals surface area contributed by atoms with Crippen molar-refractivity contribution in [3.05, 3.63) is 12.7 Å². The van der Waals surface area contributed by atoms with Crippen molar-refractivity contribution >= 4 is 0 Å². The Morgan fingerprint density at radius 3 is 2.86 bits per heavy atom. The number of hydrogen-bond acceptors (Lipinski definition) is 3. The van der Waals surface area contributed by atoms with Gasteiger partial charge in [0.05, 0.1) is 12.5 Å². The van der Waals surface area contributed by atoms with E-state index < -0.39 is 0 Å². The second kappa shape index (κ2) is 5.14. The molecule has 0 aromatic carbocycles. The van der Waals surface area contributed by atoms with E-state index in [0.29, 0.717) is 18.5 Å². The summed E-state index contributed by atoms with van der Waals surface area (Å²) in [5.74, 6) is 0. The first-order valence-corrected chi connectivity index (χ1v) is 5.11. The molecule has 3 nitrogen and oxygen atoms in total. The number of nitriles is 1. The molecule has 0 aromatic rings. The first kappa shape index (κ1) is 11.2. The van der Waals surface area contributed by atoms with Crippen LogP contribution in [0.1, 0.15) is 13.3 Å². The lowest BCUT2D eigenvalue weighted by Crippen LogP contribution is -2.56. The molecule has 1 heterocycles. The topological polar surface area (TPSA) is 30.3 Å². The molecular formula is C11H19N3. The molecule has 3 heteroatoms. The van der Waals surface area contributed by atoms with Crippen LogP contribution < -0.4 is 0 Å². The van der Waals surface area contributed by atoms with E-state index in [9.17, 15) is 0 Å². The van der Waals surface area contributed by atoms with Gasteiger partial charge in [-0.25, -0.2) is 0 Å². The highest BCUT2D eigenvalue weighted by Gasteiger charge is 2.29. The highest BCUT2D eigenvalue weighted by atomic mass is 15.3. The van der Waals surface area contributed by atoms with Crippen LogP contribution in [0, 0.1) is 11.3 Å². The zero-order valence-electron chi connectivity index (χ0n) is 9.11. The van der Waals surface area contributed by atoms with Crippen LogP contribution >= 0.6 is 0 Å². The van der Waals surface area contributed by atoms with Crippen molar-refractivity contribution < 1.29 is 0 Å². The lowest BCUT2D eigenvalue weighted by atomic mass is 10.1. The van der Waals surface area contributed by atoms with Crippen molar-refractivity contribution in [2.45, 2.75) is 25.4 Å². The molecule has 1 aliphatic rings. The van der Waals surface area contributed by atoms with Gasteiger partial charge in [-0.1, -0.05) is 6.08 Å². The Labute approximate surface area is 86.6 Å². The number of likely N-dealkylation sites (N-methyl/N-ethyl adjacent to an activating group) is 1. The summed E-state index contributed by atoms with van der Waals surface area (Å²) in [5, 5.41) is 8.76. The summed E-state index contributed by atoms with van der Waals surface area (Å²) in [6.45, 7) is 8.94. The molecule has 2 atom stereocenters. The number of nitrogens with zero attached hydrogens (tertiary/aromatic N) is 3. The fourth-order valence-corrected chi connectivity index (χ4v) is 2.22. The highest BCUT2D eigenvalue weighted by Crippen LogP contribution is 2.16. The van der Waals surface area contributed by atoms with Crippen LogP contribution in [-0.2, 0) is 0 Å². The summed E-state index contributed by atoms with van der Waals surface area (Å²) in [4.78, 5) is 4.67. The minimum absolute atomic E-state index is 0.367. The molecular weight excluding hydrogens is 174 g/mol. The largest absolute Gasteiger partial charge is 0.303 e. The van der Waals surface area contributed by atoms with Gasteiger partial charge in [0.15, 0.2) is 0 Å². The molecule has 0 N–H and O–H groups in total. The monoisotopic (exact) mass is 193 g/mol. The van der Waals surface area contributed by atoms with Gasteiger partial charge in [0.25, 0.3) is 0 Å². The fraction of sp³-hybridized carbons (Fsp3) is 0.727. The van der Waals surface area contributed by atoms with Gasteiger partial charge in [-0.05, 0) is 14.0 Å². The van der Waals surface area contributed by atoms with Gasteiger partial charge >= 0.3 is 0 Å². The molecule has 1 fully saturated rings. The number of hydrogen-bond donors (Lipinski definition) is 0. The highest BCUT2D eigenvalue weighted by molar-refractivity contribution is 4.93. The average molecular weight is 193 g/mol. The lowest BCUT2D eigenvalue weighted by Gasteiger charge is -2.43. The van der Waals surface area contributed by atoms with Crippen LogP contribution in [0.2, 0.25) is 0 Å². The summed E-state index contributed by atoms with van der Waals surface area (Å²) in [6.07, 6.45) is 2.54. The molecule has 0 bridgehead atoms. The molecule has 0 saturated carbocycles. The van der Waals surface area contributed by atoms with Crippen molar-refractivity contribution in [2.24, 2.45) is 0 Å². The first-order valence-electron chi connectivity index (χ1n) is 5.11. The Kier molecular flexibility index (Phi) is 4.12. The van der Waals surface area contributed by atoms with E-state index in [4.69, 9.17) is 5.26 Å². The van der Waals surface area contributed by atoms with Crippen molar-refractivity contribution in [1.29, 1.82) is 5.26 Å². The zero-order chi connectivity index (χ0) is 10.6. The van der Waals surface area contributed by atoms with E-state index in [2.05, 4.69) is 36.4 Å². The standard InChI is InChI=1S/C11H19N3/c1-4-7-14-10(2)8-13(3)9-11(14)5-6-12/h4,10-11H,1,5,7-9H2,2-3H3. The number of rotatable bonds is 3. The number of piperazine rings is 1. The van der Waals surface area contributed by atoms with E-state index in [0.717, 1.165) is 19.6 Å². The van der Waals surface area contributed by atoms with Crippen LogP contribution in [0.4, 0.5) is 0 Å². The van der Waals surface area contributed by atoms with Crippen molar-refractivity contribution in [3.63, 3.8) is 0 Å². The minimum atomic E-state index is 0.367. The SMILES string of the molecule is C=CCN1C(C)CN(C)CC1CC#N. The van der Waals surface area contributed by atoms with Crippen molar-refractivity contribution in [1.82, 2.24) is 9.80 Å². The first-order chi connectivity index (χ1) is 6.69. The fourth-order valence-electron chi connectivity index (χ4n) is 2.22. The quantitative estimate of drug-likeness (QED) is 0.629. The van der Waals surface area contributed by atoms with Gasteiger partial charge in [0.1, 0.15) is 0 Å². The summed E-state index contributed by atoms with van der Waals surface area (Å²) in [6, 6.07) is 3.15. The van der Waals surface area contributed by atoms with Crippen LogP contribution in [0.3, 0.4) is 0 Å². The molecule has 1 rings (SSSR count). The van der Waals surface area contributed by atoms with Crippen LogP contribution in [0.25, 0.3) is 0 Å². The minimum Gasteiger partial charge on any atom is -0.303 e. The molecule has 0 radical (unpaired) electrons. The lowest BCUT2D eigenvalue weighted by molar-refractivity contribution is 0.0559. The molecule has 14 heavy (non-hydrogen) atoms. The molecule has 1 saturated heterocycles. The normalized spacial score (nSPS) is 29.8. The van der Waals surface area contributed by atoms with E-state index in [1.54, 1.807) is 0 Å². The second-order valence-electron chi connectivity index (χ2n) is 4.07. The van der Waals surface area contributed by atoms with Gasteiger partial charge in [0.2, 0.25) is 0 Å². The molecule has 0 spiro atoms. The van der Waals surface area contributed by atoms with Crippen LogP contribution in [0.5, 0.6) is 0 Å². The van der Waals surface area contributed by atoms with E-state index in [-0.39, 0.29) is 0 Å². The molecule has 78 valence electrons. The molecule has 0 aromatic heterocycles. The van der Waals surface area contributed by atoms with E-state index in [1.807, 2.05) is 6.08 Å². The maximum absolute atomic E-state index is 8.76. The second-order valence-corrected chi connectivity index (χ2v) is 4.07. The predicted molar refractivity (Wildman–Crippen MR) is 57.9 cm³/mol. The Morgan fingerprint density at radius 2 is 2.29 bits per heavy atom. The molecule has 0 aliphatic carbocycles. The van der Waals surface area contributed by atoms with Crippen LogP contribution in [0.15, 0.2) is 12.7 Å². The third-order valence-corrected chi connectivity index (χ3v) is 2.80. The molecule has 0 amide bonds. The third-order valence-electron chi connectivity index (χ3n) is 2.80. The van der Waals surface area contributed by atoms with E-state index >= 15 is 0 Å². The third kappa shape index (κ3) is 2.57. The van der Waals surface area contributed by atoms with Crippen LogP contribution in [-0.4, -0.2) is 48.6 Å². The maximum atomic E-state index is 8.76. The average Bonchev–Trinajstić information content (AvgIpc) is 2.11. The maximum Gasteiger partial charge on any atom is 0.0638 e. The van der Waals surface area contributed by atoms with E-state index in [1.165, 1.54) is 0 Å². The predicted octanol–water partition coefficient (Wildman–Crippen LogP) is 1.09. The molecule has 2 unspecified atom stereocenters. The van der Waals surface area contributed by atoms with Crippen molar-refractivity contribution in [3.8, 4) is 6.07 Å². The Balaban J connectivity index is 2.65. The summed E-state index contributed by atoms with van der Waals surface area (Å²) < 4.78 is 0. The van der Waals surface area contributed by atoms with Gasteiger partial charge in [0, 0.05) is 31.7 Å². The van der Waals surface area contributed by atoms with Gasteiger partial charge in [-0.2, -0.15) is 5.26 Å². The molecule has 1 aliphatic heterocycles. The Hall–Kier alpha value is -0.850.